The number of rotatable bonds is 2. The minimum absolute atomic E-state index is 0.0131. The molecular formula is C23H26ClF2N3O3. The standard InChI is InChI=1S/C23H26ClF2N3O3/c1-14-13-28(22(30)32-23(2,3)4)9-10-29(14)21(27-31)17-11-18(24)16(12-20(17)26)15-7-5-6-8-19(15)25/h5-8,11-12,14,31H,9-10,13H2,1-4H3/t14-/m0/s1. The number of amidine groups is 1. The van der Waals surface area contributed by atoms with E-state index in [4.69, 9.17) is 16.3 Å². The van der Waals surface area contributed by atoms with Crippen molar-refractivity contribution in [3.05, 3.63) is 58.6 Å². The van der Waals surface area contributed by atoms with E-state index in [-0.39, 0.29) is 33.6 Å². The van der Waals surface area contributed by atoms with E-state index in [1.807, 2.05) is 6.92 Å². The van der Waals surface area contributed by atoms with E-state index in [2.05, 4.69) is 5.16 Å². The summed E-state index contributed by atoms with van der Waals surface area (Å²) < 4.78 is 34.6. The fourth-order valence-corrected chi connectivity index (χ4v) is 3.90. The molecule has 0 spiro atoms. The second kappa shape index (κ2) is 9.32. The third kappa shape index (κ3) is 5.12. The number of piperazine rings is 1. The molecule has 6 nitrogen and oxygen atoms in total. The second-order valence-electron chi connectivity index (χ2n) is 8.68. The van der Waals surface area contributed by atoms with Crippen LogP contribution in [0.2, 0.25) is 5.02 Å². The first-order valence-electron chi connectivity index (χ1n) is 10.2. The molecule has 0 radical (unpaired) electrons. The number of carbonyl (C=O) groups excluding carboxylic acids is 1. The topological polar surface area (TPSA) is 65.4 Å². The van der Waals surface area contributed by atoms with E-state index in [1.54, 1.807) is 36.6 Å². The van der Waals surface area contributed by atoms with Crippen LogP contribution in [0.5, 0.6) is 0 Å². The van der Waals surface area contributed by atoms with Crippen LogP contribution < -0.4 is 0 Å². The predicted octanol–water partition coefficient (Wildman–Crippen LogP) is 5.36. The average Bonchev–Trinajstić information content (AvgIpc) is 2.71. The summed E-state index contributed by atoms with van der Waals surface area (Å²) in [6.45, 7) is 8.11. The first-order chi connectivity index (χ1) is 15.0. The first kappa shape index (κ1) is 23.8. The van der Waals surface area contributed by atoms with Crippen molar-refractivity contribution in [2.45, 2.75) is 39.3 Å². The van der Waals surface area contributed by atoms with Crippen LogP contribution in [-0.2, 0) is 4.74 Å². The molecule has 1 aliphatic rings. The van der Waals surface area contributed by atoms with Crippen LogP contribution in [0.25, 0.3) is 11.1 Å². The molecule has 0 bridgehead atoms. The van der Waals surface area contributed by atoms with Gasteiger partial charge in [0.2, 0.25) is 0 Å². The lowest BCUT2D eigenvalue weighted by atomic mass is 10.0. The molecule has 1 saturated heterocycles. The zero-order valence-electron chi connectivity index (χ0n) is 18.4. The van der Waals surface area contributed by atoms with Gasteiger partial charge in [-0.3, -0.25) is 0 Å². The Balaban J connectivity index is 1.84. The van der Waals surface area contributed by atoms with Crippen molar-refractivity contribution >= 4 is 23.5 Å². The molecule has 0 unspecified atom stereocenters. The molecule has 1 N–H and O–H groups in total. The fourth-order valence-electron chi connectivity index (χ4n) is 3.63. The van der Waals surface area contributed by atoms with Crippen molar-refractivity contribution in [1.29, 1.82) is 0 Å². The molecule has 1 fully saturated rings. The molecule has 3 rings (SSSR count). The molecule has 32 heavy (non-hydrogen) atoms. The van der Waals surface area contributed by atoms with Gasteiger partial charge in [-0.2, -0.15) is 0 Å². The molecule has 9 heteroatoms. The Hall–Kier alpha value is -2.87. The largest absolute Gasteiger partial charge is 0.444 e. The van der Waals surface area contributed by atoms with Crippen LogP contribution in [0, 0.1) is 11.6 Å². The number of hydrogen-bond donors (Lipinski definition) is 1. The maximum Gasteiger partial charge on any atom is 0.410 e. The number of oxime groups is 1. The lowest BCUT2D eigenvalue weighted by Crippen LogP contribution is -2.56. The first-order valence-corrected chi connectivity index (χ1v) is 10.6. The van der Waals surface area contributed by atoms with Crippen molar-refractivity contribution in [1.82, 2.24) is 9.80 Å². The number of carbonyl (C=O) groups is 1. The summed E-state index contributed by atoms with van der Waals surface area (Å²) >= 11 is 6.35. The highest BCUT2D eigenvalue weighted by Crippen LogP contribution is 2.33. The van der Waals surface area contributed by atoms with Crippen LogP contribution in [0.1, 0.15) is 33.3 Å². The fraction of sp³-hybridized carbons (Fsp3) is 0.391. The monoisotopic (exact) mass is 465 g/mol. The van der Waals surface area contributed by atoms with Crippen LogP contribution in [-0.4, -0.2) is 58.2 Å². The quantitative estimate of drug-likeness (QED) is 0.280. The Bertz CT molecular complexity index is 1040. The summed E-state index contributed by atoms with van der Waals surface area (Å²) in [6, 6.07) is 8.10. The van der Waals surface area contributed by atoms with Gasteiger partial charge >= 0.3 is 6.09 Å². The lowest BCUT2D eigenvalue weighted by molar-refractivity contribution is 0.0132. The molecule has 2 aromatic rings. The van der Waals surface area contributed by atoms with E-state index in [0.29, 0.717) is 19.6 Å². The highest BCUT2D eigenvalue weighted by Gasteiger charge is 2.33. The molecule has 0 aliphatic carbocycles. The molecule has 1 heterocycles. The molecule has 1 amide bonds. The Morgan fingerprint density at radius 2 is 1.84 bits per heavy atom. The molecule has 172 valence electrons. The molecule has 0 aromatic heterocycles. The maximum atomic E-state index is 15.1. The third-order valence-electron chi connectivity index (χ3n) is 5.11. The van der Waals surface area contributed by atoms with Crippen molar-refractivity contribution in [3.8, 4) is 11.1 Å². The van der Waals surface area contributed by atoms with E-state index in [0.717, 1.165) is 6.07 Å². The highest BCUT2D eigenvalue weighted by molar-refractivity contribution is 6.33. The minimum atomic E-state index is -0.706. The summed E-state index contributed by atoms with van der Waals surface area (Å²) in [6.07, 6.45) is -0.435. The predicted molar refractivity (Wildman–Crippen MR) is 119 cm³/mol. The average molecular weight is 466 g/mol. The van der Waals surface area contributed by atoms with Crippen molar-refractivity contribution in [2.75, 3.05) is 19.6 Å². The zero-order chi connectivity index (χ0) is 23.6. The van der Waals surface area contributed by atoms with Crippen LogP contribution in [0.3, 0.4) is 0 Å². The van der Waals surface area contributed by atoms with E-state index >= 15 is 4.39 Å². The van der Waals surface area contributed by atoms with Gasteiger partial charge in [0.15, 0.2) is 5.84 Å². The number of amides is 1. The van der Waals surface area contributed by atoms with E-state index in [1.165, 1.54) is 24.3 Å². The number of benzene rings is 2. The second-order valence-corrected chi connectivity index (χ2v) is 9.09. The van der Waals surface area contributed by atoms with Gasteiger partial charge < -0.3 is 19.7 Å². The van der Waals surface area contributed by atoms with Gasteiger partial charge in [0.1, 0.15) is 17.2 Å². The molecule has 1 atom stereocenters. The minimum Gasteiger partial charge on any atom is -0.444 e. The van der Waals surface area contributed by atoms with Gasteiger partial charge in [-0.1, -0.05) is 35.0 Å². The van der Waals surface area contributed by atoms with Gasteiger partial charge in [0, 0.05) is 41.8 Å². The van der Waals surface area contributed by atoms with Gasteiger partial charge in [-0.05, 0) is 45.9 Å². The summed E-state index contributed by atoms with van der Waals surface area (Å²) in [5, 5.41) is 13.1. The van der Waals surface area contributed by atoms with E-state index < -0.39 is 23.3 Å². The lowest BCUT2D eigenvalue weighted by Gasteiger charge is -2.41. The number of ether oxygens (including phenoxy) is 1. The van der Waals surface area contributed by atoms with Crippen LogP contribution in [0.15, 0.2) is 41.6 Å². The number of hydrogen-bond acceptors (Lipinski definition) is 4. The van der Waals surface area contributed by atoms with Crippen LogP contribution >= 0.6 is 11.6 Å². The SMILES string of the molecule is C[C@H]1CN(C(=O)OC(C)(C)C)CCN1C(=NO)c1cc(Cl)c(-c2ccccc2F)cc1F. The van der Waals surface area contributed by atoms with Gasteiger partial charge in [-0.25, -0.2) is 13.6 Å². The smallest absolute Gasteiger partial charge is 0.410 e. The molecule has 0 saturated carbocycles. The maximum absolute atomic E-state index is 15.1. The summed E-state index contributed by atoms with van der Waals surface area (Å²) in [5.41, 5.74) is -0.263. The van der Waals surface area contributed by atoms with E-state index in [9.17, 15) is 14.4 Å². The Kier molecular flexibility index (Phi) is 6.93. The Labute approximate surface area is 191 Å². The van der Waals surface area contributed by atoms with Gasteiger partial charge in [0.25, 0.3) is 0 Å². The number of halogens is 3. The van der Waals surface area contributed by atoms with Gasteiger partial charge in [-0.15, -0.1) is 0 Å². The summed E-state index contributed by atoms with van der Waals surface area (Å²) in [4.78, 5) is 15.6. The number of nitrogens with zero attached hydrogens (tertiary/aromatic N) is 3. The zero-order valence-corrected chi connectivity index (χ0v) is 19.2. The Morgan fingerprint density at radius 3 is 2.44 bits per heavy atom. The van der Waals surface area contributed by atoms with Crippen LogP contribution in [0.4, 0.5) is 13.6 Å². The molecule has 1 aliphatic heterocycles. The van der Waals surface area contributed by atoms with Gasteiger partial charge in [0.05, 0.1) is 5.56 Å². The molecular weight excluding hydrogens is 440 g/mol. The third-order valence-corrected chi connectivity index (χ3v) is 5.42. The van der Waals surface area contributed by atoms with Crippen molar-refractivity contribution in [3.63, 3.8) is 0 Å². The highest BCUT2D eigenvalue weighted by atomic mass is 35.5. The van der Waals surface area contributed by atoms with Crippen molar-refractivity contribution in [2.24, 2.45) is 5.16 Å². The van der Waals surface area contributed by atoms with Crippen molar-refractivity contribution < 1.29 is 23.5 Å². The normalized spacial score (nSPS) is 17.5. The summed E-state index contributed by atoms with van der Waals surface area (Å²) in [7, 11) is 0. The summed E-state index contributed by atoms with van der Waals surface area (Å²) in [5.74, 6) is -1.24. The molecule has 2 aromatic carbocycles. The Morgan fingerprint density at radius 1 is 1.16 bits per heavy atom.